The second-order valence-corrected chi connectivity index (χ2v) is 6.54. The van der Waals surface area contributed by atoms with E-state index in [4.69, 9.17) is 9.47 Å². The molecule has 0 saturated heterocycles. The number of rotatable bonds is 7. The number of aromatic nitrogens is 1. The highest BCUT2D eigenvalue weighted by molar-refractivity contribution is 5.99. The molecule has 1 aromatic heterocycles. The number of ether oxygens (including phenoxy) is 2. The van der Waals surface area contributed by atoms with E-state index in [1.165, 1.54) is 29.9 Å². The van der Waals surface area contributed by atoms with E-state index in [-0.39, 0.29) is 17.8 Å². The van der Waals surface area contributed by atoms with Crippen molar-refractivity contribution in [1.82, 2.24) is 14.8 Å². The van der Waals surface area contributed by atoms with Gasteiger partial charge >= 0.3 is 0 Å². The van der Waals surface area contributed by atoms with E-state index < -0.39 is 23.0 Å². The number of aromatic hydroxyl groups is 1. The Labute approximate surface area is 167 Å². The van der Waals surface area contributed by atoms with Gasteiger partial charge in [0.05, 0.1) is 13.7 Å². The fourth-order valence-corrected chi connectivity index (χ4v) is 3.23. The largest absolute Gasteiger partial charge is 0.503 e. The van der Waals surface area contributed by atoms with E-state index in [1.54, 1.807) is 12.1 Å². The van der Waals surface area contributed by atoms with Gasteiger partial charge < -0.3 is 29.4 Å². The number of hydrogen-bond donors (Lipinski definition) is 2. The highest BCUT2D eigenvalue weighted by Crippen LogP contribution is 2.21. The van der Waals surface area contributed by atoms with Crippen LogP contribution in [0.25, 0.3) is 0 Å². The highest BCUT2D eigenvalue weighted by atomic mass is 16.5. The topological polar surface area (TPSA) is 110 Å². The summed E-state index contributed by atoms with van der Waals surface area (Å²) in [7, 11) is 3.06. The molecule has 29 heavy (non-hydrogen) atoms. The van der Waals surface area contributed by atoms with E-state index in [2.05, 4.69) is 5.32 Å². The Hall–Kier alpha value is -3.33. The van der Waals surface area contributed by atoms with Crippen LogP contribution in [-0.2, 0) is 17.8 Å². The van der Waals surface area contributed by atoms with Crippen molar-refractivity contribution in [2.24, 2.45) is 0 Å². The molecule has 9 heteroatoms. The Bertz CT molecular complexity index is 985. The smallest absolute Gasteiger partial charge is 0.274 e. The van der Waals surface area contributed by atoms with Crippen molar-refractivity contribution in [1.29, 1.82) is 0 Å². The standard InChI is InChI=1S/C20H23N3O6/c1-28-10-9-22-7-8-23-12-14(17(24)18(25)16(23)20(22)27)19(26)21-11-13-5-3-4-6-15(13)29-2/h3-6,12,25H,7-11H2,1-2H3,(H,21,26). The molecule has 0 bridgehead atoms. The first-order chi connectivity index (χ1) is 14.0. The molecule has 9 nitrogen and oxygen atoms in total. The molecule has 1 aliphatic heterocycles. The summed E-state index contributed by atoms with van der Waals surface area (Å²) in [5.74, 6) is -1.22. The lowest BCUT2D eigenvalue weighted by Crippen LogP contribution is -2.44. The molecule has 0 spiro atoms. The van der Waals surface area contributed by atoms with E-state index in [0.29, 0.717) is 32.0 Å². The summed E-state index contributed by atoms with van der Waals surface area (Å²) in [6.07, 6.45) is 1.32. The van der Waals surface area contributed by atoms with Gasteiger partial charge in [-0.1, -0.05) is 18.2 Å². The van der Waals surface area contributed by atoms with Gasteiger partial charge in [0.15, 0.2) is 11.4 Å². The number of fused-ring (bicyclic) bond motifs is 1. The molecule has 2 N–H and O–H groups in total. The van der Waals surface area contributed by atoms with Crippen LogP contribution in [0.1, 0.15) is 26.4 Å². The number of para-hydroxylation sites is 1. The molecule has 0 unspecified atom stereocenters. The molecule has 0 saturated carbocycles. The minimum Gasteiger partial charge on any atom is -0.503 e. The van der Waals surface area contributed by atoms with E-state index >= 15 is 0 Å². The van der Waals surface area contributed by atoms with Crippen LogP contribution in [-0.4, -0.2) is 60.3 Å². The average Bonchev–Trinajstić information content (AvgIpc) is 2.74. The van der Waals surface area contributed by atoms with E-state index in [1.807, 2.05) is 12.1 Å². The maximum Gasteiger partial charge on any atom is 0.274 e. The first-order valence-electron chi connectivity index (χ1n) is 9.12. The normalized spacial score (nSPS) is 13.2. The monoisotopic (exact) mass is 401 g/mol. The van der Waals surface area contributed by atoms with Gasteiger partial charge in [0.25, 0.3) is 11.8 Å². The van der Waals surface area contributed by atoms with Crippen LogP contribution in [0, 0.1) is 0 Å². The third-order valence-corrected chi connectivity index (χ3v) is 4.80. The van der Waals surface area contributed by atoms with Gasteiger partial charge in [0, 0.05) is 45.0 Å². The summed E-state index contributed by atoms with van der Waals surface area (Å²) < 4.78 is 11.7. The van der Waals surface area contributed by atoms with Crippen molar-refractivity contribution in [3.8, 4) is 11.5 Å². The summed E-state index contributed by atoms with van der Waals surface area (Å²) in [5, 5.41) is 13.0. The number of methoxy groups -OCH3 is 2. The number of nitrogens with one attached hydrogen (secondary N) is 1. The molecule has 2 amide bonds. The van der Waals surface area contributed by atoms with Gasteiger partial charge in [-0.05, 0) is 6.07 Å². The summed E-state index contributed by atoms with van der Waals surface area (Å²) in [6, 6.07) is 7.18. The van der Waals surface area contributed by atoms with Crippen molar-refractivity contribution in [2.45, 2.75) is 13.1 Å². The lowest BCUT2D eigenvalue weighted by Gasteiger charge is -2.30. The number of carbonyl (C=O) groups excluding carboxylic acids is 2. The van der Waals surface area contributed by atoms with Crippen LogP contribution in [0.4, 0.5) is 0 Å². The third kappa shape index (κ3) is 4.09. The molecule has 1 aliphatic rings. The van der Waals surface area contributed by atoms with Gasteiger partial charge in [-0.15, -0.1) is 0 Å². The number of amides is 2. The van der Waals surface area contributed by atoms with Crippen molar-refractivity contribution < 1.29 is 24.2 Å². The Kier molecular flexibility index (Phi) is 6.18. The van der Waals surface area contributed by atoms with Gasteiger partial charge in [-0.25, -0.2) is 0 Å². The number of hydrogen-bond acceptors (Lipinski definition) is 6. The Balaban J connectivity index is 1.83. The van der Waals surface area contributed by atoms with Gasteiger partial charge in [-0.2, -0.15) is 0 Å². The van der Waals surface area contributed by atoms with Crippen LogP contribution in [0.2, 0.25) is 0 Å². The molecule has 2 aromatic rings. The lowest BCUT2D eigenvalue weighted by molar-refractivity contribution is 0.0632. The molecule has 0 fully saturated rings. The Morgan fingerprint density at radius 1 is 1.21 bits per heavy atom. The van der Waals surface area contributed by atoms with Crippen LogP contribution < -0.4 is 15.5 Å². The first kappa shape index (κ1) is 20.4. The molecule has 0 atom stereocenters. The molecule has 0 radical (unpaired) electrons. The van der Waals surface area contributed by atoms with Crippen LogP contribution in [0.15, 0.2) is 35.3 Å². The zero-order valence-corrected chi connectivity index (χ0v) is 16.3. The van der Waals surface area contributed by atoms with Crippen molar-refractivity contribution in [3.63, 3.8) is 0 Å². The zero-order valence-electron chi connectivity index (χ0n) is 16.3. The molecular formula is C20H23N3O6. The second-order valence-electron chi connectivity index (χ2n) is 6.54. The lowest BCUT2D eigenvalue weighted by atomic mass is 10.1. The second kappa shape index (κ2) is 8.78. The number of benzene rings is 1. The van der Waals surface area contributed by atoms with Crippen LogP contribution in [0.5, 0.6) is 11.5 Å². The van der Waals surface area contributed by atoms with Crippen LogP contribution >= 0.6 is 0 Å². The summed E-state index contributed by atoms with van der Waals surface area (Å²) >= 11 is 0. The molecular weight excluding hydrogens is 378 g/mol. The van der Waals surface area contributed by atoms with Gasteiger partial charge in [-0.3, -0.25) is 14.4 Å². The first-order valence-corrected chi connectivity index (χ1v) is 9.12. The molecule has 154 valence electrons. The summed E-state index contributed by atoms with van der Waals surface area (Å²) in [6.45, 7) is 1.59. The summed E-state index contributed by atoms with van der Waals surface area (Å²) in [4.78, 5) is 39.2. The van der Waals surface area contributed by atoms with Crippen LogP contribution in [0.3, 0.4) is 0 Å². The minimum atomic E-state index is -0.879. The highest BCUT2D eigenvalue weighted by Gasteiger charge is 2.30. The maximum atomic E-state index is 12.6. The third-order valence-electron chi connectivity index (χ3n) is 4.80. The van der Waals surface area contributed by atoms with Crippen molar-refractivity contribution in [3.05, 3.63) is 57.5 Å². The summed E-state index contributed by atoms with van der Waals surface area (Å²) in [5.41, 5.74) is -0.469. The van der Waals surface area contributed by atoms with E-state index in [0.717, 1.165) is 5.56 Å². The molecule has 2 heterocycles. The number of carbonyl (C=O) groups is 2. The van der Waals surface area contributed by atoms with Gasteiger partial charge in [0.2, 0.25) is 5.43 Å². The van der Waals surface area contributed by atoms with Gasteiger partial charge in [0.1, 0.15) is 11.3 Å². The number of nitrogens with zero attached hydrogens (tertiary/aromatic N) is 2. The molecule has 0 aliphatic carbocycles. The fourth-order valence-electron chi connectivity index (χ4n) is 3.23. The van der Waals surface area contributed by atoms with E-state index in [9.17, 15) is 19.5 Å². The predicted molar refractivity (Wildman–Crippen MR) is 104 cm³/mol. The number of pyridine rings is 1. The fraction of sp³-hybridized carbons (Fsp3) is 0.350. The molecule has 3 rings (SSSR count). The SMILES string of the molecule is COCCN1CCn2cc(C(=O)NCc3ccccc3OC)c(=O)c(O)c2C1=O. The minimum absolute atomic E-state index is 0.112. The molecule has 1 aromatic carbocycles. The maximum absolute atomic E-state index is 12.6. The quantitative estimate of drug-likeness (QED) is 0.703. The zero-order chi connectivity index (χ0) is 21.0. The Morgan fingerprint density at radius 2 is 1.97 bits per heavy atom. The van der Waals surface area contributed by atoms with Crippen molar-refractivity contribution in [2.75, 3.05) is 33.9 Å². The van der Waals surface area contributed by atoms with Crippen molar-refractivity contribution >= 4 is 11.8 Å². The predicted octanol–water partition coefficient (Wildman–Crippen LogP) is 0.595. The Morgan fingerprint density at radius 3 is 2.69 bits per heavy atom. The average molecular weight is 401 g/mol.